The molecule has 21 heavy (non-hydrogen) atoms. The lowest BCUT2D eigenvalue weighted by molar-refractivity contribution is 0.201. The molecule has 1 aliphatic rings. The maximum absolute atomic E-state index is 9.61. The molecule has 2 rings (SSSR count). The fourth-order valence-corrected chi connectivity index (χ4v) is 2.42. The molecular formula is C17H24N2O2. The smallest absolute Gasteiger partial charge is 0.143 e. The largest absolute Gasteiger partial charge is 0.494 e. The molecule has 1 unspecified atom stereocenters. The Morgan fingerprint density at radius 2 is 2.00 bits per heavy atom. The van der Waals surface area contributed by atoms with E-state index in [1.807, 2.05) is 31.2 Å². The normalized spacial score (nSPS) is 16.8. The fourth-order valence-electron chi connectivity index (χ4n) is 2.42. The van der Waals surface area contributed by atoms with Crippen LogP contribution in [0.3, 0.4) is 0 Å². The number of nitrogens with zero attached hydrogens (tertiary/aromatic N) is 1. The van der Waals surface area contributed by atoms with E-state index in [-0.39, 0.29) is 0 Å². The summed E-state index contributed by atoms with van der Waals surface area (Å²) in [6.45, 7) is 5.91. The Bertz CT molecular complexity index is 494. The second kappa shape index (κ2) is 7.33. The van der Waals surface area contributed by atoms with Crippen molar-refractivity contribution in [1.29, 1.82) is 5.26 Å². The molecule has 114 valence electrons. The van der Waals surface area contributed by atoms with Crippen molar-refractivity contribution >= 4 is 0 Å². The van der Waals surface area contributed by atoms with Crippen LogP contribution in [0, 0.1) is 17.2 Å². The standard InChI is InChI=1S/C17H24N2O2/c1-3-10-19-17(12-18,14-8-9-14)13-21-16-7-5-6-15(11-16)20-4-2/h5-7,11,14,19H,3-4,8-10,13H2,1-2H3. The molecule has 0 aromatic heterocycles. The van der Waals surface area contributed by atoms with Crippen LogP contribution in [-0.4, -0.2) is 25.3 Å². The molecule has 0 heterocycles. The van der Waals surface area contributed by atoms with E-state index >= 15 is 0 Å². The first-order valence-electron chi connectivity index (χ1n) is 7.76. The molecule has 0 amide bonds. The Balaban J connectivity index is 2.01. The first-order valence-corrected chi connectivity index (χ1v) is 7.76. The van der Waals surface area contributed by atoms with E-state index in [4.69, 9.17) is 9.47 Å². The Morgan fingerprint density at radius 3 is 2.57 bits per heavy atom. The maximum atomic E-state index is 9.61. The highest BCUT2D eigenvalue weighted by atomic mass is 16.5. The molecule has 1 atom stereocenters. The molecule has 1 aromatic carbocycles. The Labute approximate surface area is 127 Å². The van der Waals surface area contributed by atoms with Gasteiger partial charge in [0.15, 0.2) is 0 Å². The summed E-state index contributed by atoms with van der Waals surface area (Å²) in [7, 11) is 0. The molecule has 1 aromatic rings. The second-order valence-corrected chi connectivity index (χ2v) is 5.48. The predicted octanol–water partition coefficient (Wildman–Crippen LogP) is 3.14. The predicted molar refractivity (Wildman–Crippen MR) is 82.5 cm³/mol. The summed E-state index contributed by atoms with van der Waals surface area (Å²) >= 11 is 0. The molecule has 0 radical (unpaired) electrons. The van der Waals surface area contributed by atoms with Crippen LogP contribution >= 0.6 is 0 Å². The van der Waals surface area contributed by atoms with Crippen LogP contribution in [0.5, 0.6) is 11.5 Å². The second-order valence-electron chi connectivity index (χ2n) is 5.48. The van der Waals surface area contributed by atoms with Gasteiger partial charge in [0, 0.05) is 6.07 Å². The summed E-state index contributed by atoms with van der Waals surface area (Å²) in [5.74, 6) is 1.95. The van der Waals surface area contributed by atoms with Crippen molar-refractivity contribution in [3.05, 3.63) is 24.3 Å². The molecule has 1 saturated carbocycles. The number of hydrogen-bond donors (Lipinski definition) is 1. The minimum atomic E-state index is -0.558. The molecule has 1 aliphatic carbocycles. The van der Waals surface area contributed by atoms with E-state index in [2.05, 4.69) is 18.3 Å². The molecule has 0 aliphatic heterocycles. The molecule has 1 fully saturated rings. The van der Waals surface area contributed by atoms with Crippen molar-refractivity contribution in [3.63, 3.8) is 0 Å². The van der Waals surface area contributed by atoms with E-state index in [9.17, 15) is 5.26 Å². The van der Waals surface area contributed by atoms with Crippen LogP contribution in [0.25, 0.3) is 0 Å². The van der Waals surface area contributed by atoms with Crippen LogP contribution in [0.4, 0.5) is 0 Å². The average molecular weight is 288 g/mol. The van der Waals surface area contributed by atoms with Gasteiger partial charge in [-0.3, -0.25) is 5.32 Å². The fraction of sp³-hybridized carbons (Fsp3) is 0.588. The SMILES string of the molecule is CCCNC(C#N)(COc1cccc(OCC)c1)C1CC1. The zero-order valence-corrected chi connectivity index (χ0v) is 12.9. The van der Waals surface area contributed by atoms with E-state index in [0.717, 1.165) is 37.3 Å². The Morgan fingerprint density at radius 1 is 1.29 bits per heavy atom. The third-order valence-electron chi connectivity index (χ3n) is 3.75. The van der Waals surface area contributed by atoms with Crippen molar-refractivity contribution in [2.75, 3.05) is 19.8 Å². The van der Waals surface area contributed by atoms with E-state index in [1.54, 1.807) is 0 Å². The van der Waals surface area contributed by atoms with Gasteiger partial charge in [-0.05, 0) is 50.8 Å². The van der Waals surface area contributed by atoms with Crippen molar-refractivity contribution in [1.82, 2.24) is 5.32 Å². The number of nitrogens with one attached hydrogen (secondary N) is 1. The number of benzene rings is 1. The summed E-state index contributed by atoms with van der Waals surface area (Å²) in [5, 5.41) is 13.0. The van der Waals surface area contributed by atoms with Crippen molar-refractivity contribution in [3.8, 4) is 17.6 Å². The highest BCUT2D eigenvalue weighted by Gasteiger charge is 2.46. The first kappa shape index (κ1) is 15.7. The quantitative estimate of drug-likeness (QED) is 0.758. The summed E-state index contributed by atoms with van der Waals surface area (Å²) in [5.41, 5.74) is -0.558. The zero-order chi connectivity index (χ0) is 15.1. The van der Waals surface area contributed by atoms with Crippen molar-refractivity contribution in [2.45, 2.75) is 38.6 Å². The van der Waals surface area contributed by atoms with Gasteiger partial charge in [0.2, 0.25) is 0 Å². The number of nitriles is 1. The number of hydrogen-bond acceptors (Lipinski definition) is 4. The van der Waals surface area contributed by atoms with Gasteiger partial charge < -0.3 is 9.47 Å². The molecular weight excluding hydrogens is 264 g/mol. The van der Waals surface area contributed by atoms with Gasteiger partial charge in [-0.2, -0.15) is 5.26 Å². The van der Waals surface area contributed by atoms with Gasteiger partial charge in [-0.1, -0.05) is 13.0 Å². The lowest BCUT2D eigenvalue weighted by Gasteiger charge is -2.28. The minimum absolute atomic E-state index is 0.379. The van der Waals surface area contributed by atoms with Gasteiger partial charge >= 0.3 is 0 Å². The van der Waals surface area contributed by atoms with Crippen LogP contribution in [0.15, 0.2) is 24.3 Å². The highest BCUT2D eigenvalue weighted by molar-refractivity contribution is 5.33. The van der Waals surface area contributed by atoms with Crippen LogP contribution in [0.1, 0.15) is 33.1 Å². The van der Waals surface area contributed by atoms with Gasteiger partial charge in [-0.15, -0.1) is 0 Å². The molecule has 0 bridgehead atoms. The summed E-state index contributed by atoms with van der Waals surface area (Å²) in [6.07, 6.45) is 3.22. The summed E-state index contributed by atoms with van der Waals surface area (Å²) < 4.78 is 11.4. The molecule has 4 heteroatoms. The monoisotopic (exact) mass is 288 g/mol. The van der Waals surface area contributed by atoms with Crippen LogP contribution in [0.2, 0.25) is 0 Å². The minimum Gasteiger partial charge on any atom is -0.494 e. The average Bonchev–Trinajstić information content (AvgIpc) is 3.34. The van der Waals surface area contributed by atoms with Gasteiger partial charge in [-0.25, -0.2) is 0 Å². The van der Waals surface area contributed by atoms with Crippen molar-refractivity contribution < 1.29 is 9.47 Å². The lowest BCUT2D eigenvalue weighted by Crippen LogP contribution is -2.51. The number of ether oxygens (including phenoxy) is 2. The third-order valence-corrected chi connectivity index (χ3v) is 3.75. The van der Waals surface area contributed by atoms with Crippen LogP contribution < -0.4 is 14.8 Å². The van der Waals surface area contributed by atoms with Crippen LogP contribution in [-0.2, 0) is 0 Å². The third kappa shape index (κ3) is 4.12. The molecule has 0 spiro atoms. The van der Waals surface area contributed by atoms with E-state index < -0.39 is 5.54 Å². The molecule has 4 nitrogen and oxygen atoms in total. The van der Waals surface area contributed by atoms with Gasteiger partial charge in [0.05, 0.1) is 12.7 Å². The highest BCUT2D eigenvalue weighted by Crippen LogP contribution is 2.40. The topological polar surface area (TPSA) is 54.3 Å². The van der Waals surface area contributed by atoms with Gasteiger partial charge in [0.25, 0.3) is 0 Å². The summed E-state index contributed by atoms with van der Waals surface area (Å²) in [4.78, 5) is 0. The lowest BCUT2D eigenvalue weighted by atomic mass is 9.96. The zero-order valence-electron chi connectivity index (χ0n) is 12.9. The number of rotatable bonds is 9. The first-order chi connectivity index (χ1) is 10.2. The Kier molecular flexibility index (Phi) is 5.46. The molecule has 1 N–H and O–H groups in total. The van der Waals surface area contributed by atoms with E-state index in [1.165, 1.54) is 0 Å². The Hall–Kier alpha value is -1.73. The summed E-state index contributed by atoms with van der Waals surface area (Å²) in [6, 6.07) is 10.0. The van der Waals surface area contributed by atoms with Gasteiger partial charge in [0.1, 0.15) is 23.6 Å². The van der Waals surface area contributed by atoms with Crippen molar-refractivity contribution in [2.24, 2.45) is 5.92 Å². The maximum Gasteiger partial charge on any atom is 0.143 e. The van der Waals surface area contributed by atoms with E-state index in [0.29, 0.717) is 19.1 Å². The molecule has 0 saturated heterocycles.